The monoisotopic (exact) mass is 506 g/mol. The van der Waals surface area contributed by atoms with Crippen LogP contribution in [-0.4, -0.2) is 39.2 Å². The van der Waals surface area contributed by atoms with E-state index in [0.717, 1.165) is 40.6 Å². The molecule has 1 aromatic heterocycles. The van der Waals surface area contributed by atoms with Crippen molar-refractivity contribution >= 4 is 29.1 Å². The van der Waals surface area contributed by atoms with Crippen LogP contribution in [0.1, 0.15) is 71.6 Å². The van der Waals surface area contributed by atoms with Crippen LogP contribution in [0, 0.1) is 17.8 Å². The zero-order valence-electron chi connectivity index (χ0n) is 20.1. The molecule has 4 saturated carbocycles. The Kier molecular flexibility index (Phi) is 5.22. The first-order valence-corrected chi connectivity index (χ1v) is 13.9. The number of hydrogen-bond acceptors (Lipinski definition) is 7. The molecule has 0 radical (unpaired) electrons. The van der Waals surface area contributed by atoms with Gasteiger partial charge in [0.15, 0.2) is 0 Å². The van der Waals surface area contributed by atoms with E-state index < -0.39 is 11.9 Å². The summed E-state index contributed by atoms with van der Waals surface area (Å²) in [6.07, 6.45) is 7.52. The minimum absolute atomic E-state index is 0.193. The maximum absolute atomic E-state index is 13.0. The number of carbonyl (C=O) groups is 3. The van der Waals surface area contributed by atoms with E-state index in [2.05, 4.69) is 16.0 Å². The third-order valence-electron chi connectivity index (χ3n) is 9.10. The summed E-state index contributed by atoms with van der Waals surface area (Å²) in [4.78, 5) is 43.2. The van der Waals surface area contributed by atoms with Crippen molar-refractivity contribution in [2.24, 2.45) is 17.8 Å². The van der Waals surface area contributed by atoms with E-state index in [1.165, 1.54) is 32.1 Å². The molecule has 2 aromatic rings. The molecule has 3 amide bonds. The summed E-state index contributed by atoms with van der Waals surface area (Å²) in [5.74, 6) is 2.47. The fraction of sp³-hybridized carbons (Fsp3) is 0.556. The number of piperidine rings is 1. The van der Waals surface area contributed by atoms with Crippen LogP contribution >= 0.6 is 11.3 Å². The molecule has 1 saturated heterocycles. The second-order valence-corrected chi connectivity index (χ2v) is 12.2. The Labute approximate surface area is 213 Å². The van der Waals surface area contributed by atoms with Crippen LogP contribution in [0.3, 0.4) is 0 Å². The third-order valence-corrected chi connectivity index (χ3v) is 9.99. The summed E-state index contributed by atoms with van der Waals surface area (Å²) in [7, 11) is 0. The van der Waals surface area contributed by atoms with Gasteiger partial charge in [0, 0.05) is 35.0 Å². The SMILES string of the molecule is O=C1CCC(N2Cc3c(OCc4csc(CNC56CC7CC(CC5C7)C6)n4)cccc3C2=O)C(=O)N1. The molecule has 3 heterocycles. The number of fused-ring (bicyclic) bond motifs is 1. The Hall–Kier alpha value is -2.78. The first-order chi connectivity index (χ1) is 17.5. The molecule has 0 spiro atoms. The minimum Gasteiger partial charge on any atom is -0.487 e. The van der Waals surface area contributed by atoms with Gasteiger partial charge < -0.3 is 15.0 Å². The molecule has 36 heavy (non-hydrogen) atoms. The van der Waals surface area contributed by atoms with E-state index in [9.17, 15) is 14.4 Å². The molecule has 3 unspecified atom stereocenters. The number of thiazole rings is 1. The van der Waals surface area contributed by atoms with Crippen LogP contribution in [-0.2, 0) is 29.3 Å². The van der Waals surface area contributed by atoms with Gasteiger partial charge in [0.25, 0.3) is 5.91 Å². The van der Waals surface area contributed by atoms with Crippen LogP contribution < -0.4 is 15.4 Å². The van der Waals surface area contributed by atoms with Crippen molar-refractivity contribution in [3.63, 3.8) is 0 Å². The Morgan fingerprint density at radius 3 is 2.81 bits per heavy atom. The van der Waals surface area contributed by atoms with Crippen molar-refractivity contribution in [3.8, 4) is 5.75 Å². The lowest BCUT2D eigenvalue weighted by molar-refractivity contribution is -0.136. The predicted molar refractivity (Wildman–Crippen MR) is 132 cm³/mol. The molecular formula is C27H30N4O4S. The first-order valence-electron chi connectivity index (χ1n) is 13.0. The molecule has 6 aliphatic rings. The number of nitrogens with zero attached hydrogens (tertiary/aromatic N) is 2. The molecule has 8 rings (SSSR count). The molecule has 3 atom stereocenters. The fourth-order valence-corrected chi connectivity index (χ4v) is 8.40. The van der Waals surface area contributed by atoms with Crippen LogP contribution in [0.5, 0.6) is 5.75 Å². The Morgan fingerprint density at radius 2 is 2.00 bits per heavy atom. The highest BCUT2D eigenvalue weighted by molar-refractivity contribution is 7.09. The molecule has 2 N–H and O–H groups in total. The second kappa shape index (κ2) is 8.38. The van der Waals surface area contributed by atoms with Crippen LogP contribution in [0.15, 0.2) is 23.6 Å². The summed E-state index contributed by atoms with van der Waals surface area (Å²) in [6.45, 7) is 1.45. The number of benzene rings is 1. The van der Waals surface area contributed by atoms with Crippen molar-refractivity contribution in [1.29, 1.82) is 0 Å². The van der Waals surface area contributed by atoms with Gasteiger partial charge in [0.1, 0.15) is 23.4 Å². The molecule has 1 aromatic carbocycles. The summed E-state index contributed by atoms with van der Waals surface area (Å²) in [5.41, 5.74) is 2.58. The normalized spacial score (nSPS) is 32.3. The largest absolute Gasteiger partial charge is 0.487 e. The zero-order chi connectivity index (χ0) is 24.4. The smallest absolute Gasteiger partial charge is 0.255 e. The van der Waals surface area contributed by atoms with Gasteiger partial charge in [-0.15, -0.1) is 11.3 Å². The predicted octanol–water partition coefficient (Wildman–Crippen LogP) is 3.15. The Balaban J connectivity index is 0.993. The molecule has 4 bridgehead atoms. The zero-order valence-corrected chi connectivity index (χ0v) is 20.9. The van der Waals surface area contributed by atoms with Crippen molar-refractivity contribution < 1.29 is 19.1 Å². The Bertz CT molecular complexity index is 1240. The van der Waals surface area contributed by atoms with E-state index in [4.69, 9.17) is 9.72 Å². The van der Waals surface area contributed by atoms with Crippen LogP contribution in [0.4, 0.5) is 0 Å². The third kappa shape index (κ3) is 3.66. The number of carbonyl (C=O) groups excluding carboxylic acids is 3. The summed E-state index contributed by atoms with van der Waals surface area (Å²) in [5, 5.41) is 9.40. The van der Waals surface area contributed by atoms with Gasteiger partial charge in [-0.1, -0.05) is 6.07 Å². The molecule has 188 valence electrons. The van der Waals surface area contributed by atoms with Gasteiger partial charge in [-0.3, -0.25) is 19.7 Å². The van der Waals surface area contributed by atoms with E-state index in [1.807, 2.05) is 6.07 Å². The van der Waals surface area contributed by atoms with Gasteiger partial charge in [-0.2, -0.15) is 0 Å². The highest BCUT2D eigenvalue weighted by Crippen LogP contribution is 2.60. The van der Waals surface area contributed by atoms with Gasteiger partial charge in [-0.25, -0.2) is 4.98 Å². The molecule has 8 nitrogen and oxygen atoms in total. The van der Waals surface area contributed by atoms with Crippen molar-refractivity contribution in [2.75, 3.05) is 0 Å². The molecule has 4 aliphatic carbocycles. The number of amides is 3. The summed E-state index contributed by atoms with van der Waals surface area (Å²) < 4.78 is 6.13. The number of hydrogen-bond donors (Lipinski definition) is 2. The lowest BCUT2D eigenvalue weighted by atomic mass is 9.80. The standard InChI is InChI=1S/C27H30N4O4S/c32-23-5-4-21(25(33)30-23)31-12-20-19(26(31)34)2-1-3-22(20)35-13-18-14-36-24(29-18)11-28-27-9-15-6-16(10-27)8-17(27)7-15/h1-3,14-17,21,28H,4-13H2,(H,30,32,33). The minimum atomic E-state index is -0.631. The van der Waals surface area contributed by atoms with Gasteiger partial charge >= 0.3 is 0 Å². The van der Waals surface area contributed by atoms with Crippen molar-refractivity contribution in [2.45, 2.75) is 76.2 Å². The topological polar surface area (TPSA) is 101 Å². The average Bonchev–Trinajstić information content (AvgIpc) is 3.57. The van der Waals surface area contributed by atoms with Gasteiger partial charge in [0.05, 0.1) is 12.2 Å². The van der Waals surface area contributed by atoms with Crippen molar-refractivity contribution in [3.05, 3.63) is 45.4 Å². The number of nitrogens with one attached hydrogen (secondary N) is 2. The lowest BCUT2D eigenvalue weighted by Crippen LogP contribution is -2.52. The highest BCUT2D eigenvalue weighted by atomic mass is 32.1. The van der Waals surface area contributed by atoms with Crippen LogP contribution in [0.2, 0.25) is 0 Å². The molecule has 5 fully saturated rings. The maximum atomic E-state index is 13.0. The van der Waals surface area contributed by atoms with E-state index in [-0.39, 0.29) is 18.2 Å². The van der Waals surface area contributed by atoms with Gasteiger partial charge in [0.2, 0.25) is 11.8 Å². The highest BCUT2D eigenvalue weighted by Gasteiger charge is 2.57. The number of ether oxygens (including phenoxy) is 1. The van der Waals surface area contributed by atoms with Crippen molar-refractivity contribution in [1.82, 2.24) is 20.5 Å². The second-order valence-electron chi connectivity index (χ2n) is 11.3. The summed E-state index contributed by atoms with van der Waals surface area (Å²) >= 11 is 1.67. The average molecular weight is 507 g/mol. The fourth-order valence-electron chi connectivity index (χ4n) is 7.68. The number of aromatic nitrogens is 1. The van der Waals surface area contributed by atoms with E-state index in [1.54, 1.807) is 28.4 Å². The van der Waals surface area contributed by atoms with Crippen LogP contribution in [0.25, 0.3) is 0 Å². The van der Waals surface area contributed by atoms with Gasteiger partial charge in [-0.05, 0) is 68.4 Å². The van der Waals surface area contributed by atoms with E-state index in [0.29, 0.717) is 36.4 Å². The first kappa shape index (κ1) is 22.4. The maximum Gasteiger partial charge on any atom is 0.255 e. The van der Waals surface area contributed by atoms with E-state index >= 15 is 0 Å². The molecular weight excluding hydrogens is 476 g/mol. The lowest BCUT2D eigenvalue weighted by Gasteiger charge is -2.33. The Morgan fingerprint density at radius 1 is 1.17 bits per heavy atom. The molecule has 2 aliphatic heterocycles. The number of imide groups is 1. The quantitative estimate of drug-likeness (QED) is 0.560. The number of rotatable bonds is 7. The molecule has 9 heteroatoms. The summed E-state index contributed by atoms with van der Waals surface area (Å²) in [6, 6.07) is 4.81.